The normalized spacial score (nSPS) is 17.9. The van der Waals surface area contributed by atoms with E-state index in [1.165, 1.54) is 10.6 Å². The fraction of sp³-hybridized carbons (Fsp3) is 0.615. The zero-order valence-electron chi connectivity index (χ0n) is 11.6. The largest absolute Gasteiger partial charge is 0.459 e. The van der Waals surface area contributed by atoms with Crippen LogP contribution in [0.1, 0.15) is 30.3 Å². The molecule has 0 aromatic carbocycles. The van der Waals surface area contributed by atoms with Gasteiger partial charge in [-0.2, -0.15) is 0 Å². The Kier molecular flexibility index (Phi) is 4.82. The summed E-state index contributed by atoms with van der Waals surface area (Å²) in [6, 6.07) is 3.29. The summed E-state index contributed by atoms with van der Waals surface area (Å²) in [6.45, 7) is 3.64. The molecule has 1 aromatic heterocycles. The molecule has 0 bridgehead atoms. The monoisotopic (exact) mass is 300 g/mol. The number of carbonyl (C=O) groups is 1. The zero-order chi connectivity index (χ0) is 14.6. The SMILES string of the molecule is CCCS(=O)(=O)N1CCCN(C(=O)c2ccco2)CC1. The van der Waals surface area contributed by atoms with E-state index in [2.05, 4.69) is 0 Å². The van der Waals surface area contributed by atoms with Crippen molar-refractivity contribution in [3.8, 4) is 0 Å². The van der Waals surface area contributed by atoms with Crippen LogP contribution in [-0.2, 0) is 10.0 Å². The highest BCUT2D eigenvalue weighted by Crippen LogP contribution is 2.12. The van der Waals surface area contributed by atoms with Crippen LogP contribution in [0.25, 0.3) is 0 Å². The maximum Gasteiger partial charge on any atom is 0.289 e. The number of sulfonamides is 1. The molecule has 1 fully saturated rings. The quantitative estimate of drug-likeness (QED) is 0.837. The number of carbonyl (C=O) groups excluding carboxylic acids is 1. The fourth-order valence-electron chi connectivity index (χ4n) is 2.32. The Morgan fingerprint density at radius 1 is 1.30 bits per heavy atom. The Labute approximate surface area is 119 Å². The van der Waals surface area contributed by atoms with Crippen LogP contribution >= 0.6 is 0 Å². The van der Waals surface area contributed by atoms with Crippen LogP contribution < -0.4 is 0 Å². The van der Waals surface area contributed by atoms with E-state index in [4.69, 9.17) is 4.42 Å². The molecule has 20 heavy (non-hydrogen) atoms. The Morgan fingerprint density at radius 2 is 2.10 bits per heavy atom. The van der Waals surface area contributed by atoms with Crippen molar-refractivity contribution in [2.45, 2.75) is 19.8 Å². The Bertz CT molecular complexity index is 539. The highest BCUT2D eigenvalue weighted by atomic mass is 32.2. The molecule has 0 spiro atoms. The van der Waals surface area contributed by atoms with Crippen molar-refractivity contribution in [3.05, 3.63) is 24.2 Å². The highest BCUT2D eigenvalue weighted by Gasteiger charge is 2.27. The molecule has 1 saturated heterocycles. The third-order valence-electron chi connectivity index (χ3n) is 3.33. The number of nitrogens with zero attached hydrogens (tertiary/aromatic N) is 2. The molecular weight excluding hydrogens is 280 g/mol. The van der Waals surface area contributed by atoms with Crippen molar-refractivity contribution in [3.63, 3.8) is 0 Å². The van der Waals surface area contributed by atoms with Crippen LogP contribution in [0, 0.1) is 0 Å². The van der Waals surface area contributed by atoms with Gasteiger partial charge >= 0.3 is 0 Å². The summed E-state index contributed by atoms with van der Waals surface area (Å²) >= 11 is 0. The molecule has 0 atom stereocenters. The average molecular weight is 300 g/mol. The first-order valence-corrected chi connectivity index (χ1v) is 8.46. The third-order valence-corrected chi connectivity index (χ3v) is 5.41. The van der Waals surface area contributed by atoms with E-state index in [1.807, 2.05) is 6.92 Å². The van der Waals surface area contributed by atoms with Gasteiger partial charge in [-0.1, -0.05) is 6.92 Å². The summed E-state index contributed by atoms with van der Waals surface area (Å²) in [6.07, 6.45) is 2.71. The number of hydrogen-bond donors (Lipinski definition) is 0. The summed E-state index contributed by atoms with van der Waals surface area (Å²) in [5.74, 6) is 0.290. The van der Waals surface area contributed by atoms with Crippen molar-refractivity contribution in [1.29, 1.82) is 0 Å². The number of rotatable bonds is 4. The van der Waals surface area contributed by atoms with Gasteiger partial charge in [0.15, 0.2) is 5.76 Å². The van der Waals surface area contributed by atoms with Gasteiger partial charge in [-0.15, -0.1) is 0 Å². The van der Waals surface area contributed by atoms with Crippen LogP contribution in [0.3, 0.4) is 0 Å². The summed E-state index contributed by atoms with van der Waals surface area (Å²) in [7, 11) is -3.19. The van der Waals surface area contributed by atoms with Gasteiger partial charge in [-0.25, -0.2) is 12.7 Å². The summed E-state index contributed by atoms with van der Waals surface area (Å²) in [5, 5.41) is 0. The van der Waals surface area contributed by atoms with Crippen molar-refractivity contribution in [2.75, 3.05) is 31.9 Å². The van der Waals surface area contributed by atoms with Gasteiger partial charge in [0.25, 0.3) is 5.91 Å². The molecule has 1 aromatic rings. The Hall–Kier alpha value is -1.34. The van der Waals surface area contributed by atoms with Gasteiger partial charge in [-0.05, 0) is 25.0 Å². The minimum atomic E-state index is -3.19. The van der Waals surface area contributed by atoms with E-state index < -0.39 is 10.0 Å². The maximum absolute atomic E-state index is 12.2. The standard InChI is InChI=1S/C13H20N2O4S/c1-2-11-20(17,18)15-7-4-6-14(8-9-15)13(16)12-5-3-10-19-12/h3,5,10H,2,4,6-9,11H2,1H3. The molecule has 0 radical (unpaired) electrons. The van der Waals surface area contributed by atoms with Crippen molar-refractivity contribution in [2.24, 2.45) is 0 Å². The number of hydrogen-bond acceptors (Lipinski definition) is 4. The predicted molar refractivity (Wildman–Crippen MR) is 74.9 cm³/mol. The van der Waals surface area contributed by atoms with E-state index in [9.17, 15) is 13.2 Å². The van der Waals surface area contributed by atoms with Crippen LogP contribution in [0.4, 0.5) is 0 Å². The van der Waals surface area contributed by atoms with Crippen LogP contribution in [0.15, 0.2) is 22.8 Å². The van der Waals surface area contributed by atoms with E-state index in [-0.39, 0.29) is 11.7 Å². The lowest BCUT2D eigenvalue weighted by molar-refractivity contribution is 0.0732. The summed E-state index contributed by atoms with van der Waals surface area (Å²) in [5.41, 5.74) is 0. The van der Waals surface area contributed by atoms with Gasteiger partial charge in [0, 0.05) is 26.2 Å². The van der Waals surface area contributed by atoms with Crippen molar-refractivity contribution >= 4 is 15.9 Å². The van der Waals surface area contributed by atoms with Gasteiger partial charge in [-0.3, -0.25) is 4.79 Å². The molecule has 7 heteroatoms. The predicted octanol–water partition coefficient (Wildman–Crippen LogP) is 1.17. The van der Waals surface area contributed by atoms with E-state index in [1.54, 1.807) is 17.0 Å². The Morgan fingerprint density at radius 3 is 2.75 bits per heavy atom. The second-order valence-electron chi connectivity index (χ2n) is 4.84. The van der Waals surface area contributed by atoms with Crippen LogP contribution in [0.5, 0.6) is 0 Å². The lowest BCUT2D eigenvalue weighted by Crippen LogP contribution is -2.38. The van der Waals surface area contributed by atoms with Gasteiger partial charge in [0.1, 0.15) is 0 Å². The summed E-state index contributed by atoms with van der Waals surface area (Å²) < 4.78 is 30.7. The first-order chi connectivity index (χ1) is 9.54. The van der Waals surface area contributed by atoms with E-state index in [0.29, 0.717) is 44.8 Å². The van der Waals surface area contributed by atoms with Gasteiger partial charge in [0.2, 0.25) is 10.0 Å². The first-order valence-electron chi connectivity index (χ1n) is 6.85. The molecule has 0 aliphatic carbocycles. The average Bonchev–Trinajstić information content (AvgIpc) is 2.81. The molecule has 0 N–H and O–H groups in total. The molecule has 2 rings (SSSR count). The van der Waals surface area contributed by atoms with Crippen molar-refractivity contribution < 1.29 is 17.6 Å². The highest BCUT2D eigenvalue weighted by molar-refractivity contribution is 7.89. The zero-order valence-corrected chi connectivity index (χ0v) is 12.4. The maximum atomic E-state index is 12.2. The molecule has 112 valence electrons. The molecule has 2 heterocycles. The molecule has 6 nitrogen and oxygen atoms in total. The molecular formula is C13H20N2O4S. The number of amides is 1. The van der Waals surface area contributed by atoms with Gasteiger partial charge in [0.05, 0.1) is 12.0 Å². The molecule has 1 amide bonds. The lowest BCUT2D eigenvalue weighted by Gasteiger charge is -2.21. The summed E-state index contributed by atoms with van der Waals surface area (Å²) in [4.78, 5) is 13.8. The topological polar surface area (TPSA) is 70.8 Å². The minimum absolute atomic E-state index is 0.166. The molecule has 0 saturated carbocycles. The minimum Gasteiger partial charge on any atom is -0.459 e. The van der Waals surface area contributed by atoms with Crippen molar-refractivity contribution in [1.82, 2.24) is 9.21 Å². The second-order valence-corrected chi connectivity index (χ2v) is 6.93. The molecule has 0 unspecified atom stereocenters. The fourth-order valence-corrected chi connectivity index (χ4v) is 3.86. The van der Waals surface area contributed by atoms with E-state index in [0.717, 1.165) is 0 Å². The number of furan rings is 1. The van der Waals surface area contributed by atoms with Gasteiger partial charge < -0.3 is 9.32 Å². The third kappa shape index (κ3) is 3.40. The Balaban J connectivity index is 2.01. The smallest absolute Gasteiger partial charge is 0.289 e. The molecule has 1 aliphatic rings. The lowest BCUT2D eigenvalue weighted by atomic mass is 10.3. The second kappa shape index (κ2) is 6.41. The van der Waals surface area contributed by atoms with Crippen LogP contribution in [0.2, 0.25) is 0 Å². The van der Waals surface area contributed by atoms with E-state index >= 15 is 0 Å². The first kappa shape index (κ1) is 15.1. The van der Waals surface area contributed by atoms with Crippen LogP contribution in [-0.4, -0.2) is 55.5 Å². The molecule has 1 aliphatic heterocycles.